The minimum atomic E-state index is -1.02. The first-order valence-corrected chi connectivity index (χ1v) is 6.83. The van der Waals surface area contributed by atoms with Gasteiger partial charge in [0.1, 0.15) is 6.04 Å². The monoisotopic (exact) mass is 272 g/mol. The van der Waals surface area contributed by atoms with Crippen LogP contribution >= 0.6 is 0 Å². The third kappa shape index (κ3) is 4.09. The van der Waals surface area contributed by atoms with E-state index in [1.807, 2.05) is 13.8 Å². The van der Waals surface area contributed by atoms with Gasteiger partial charge in [-0.3, -0.25) is 0 Å². The molecular formula is C13H24N2O4. The smallest absolute Gasteiger partial charge is 0.326 e. The number of hydrogen-bond acceptors (Lipinski definition) is 3. The van der Waals surface area contributed by atoms with Crippen molar-refractivity contribution in [2.24, 2.45) is 11.8 Å². The maximum absolute atomic E-state index is 12.0. The summed E-state index contributed by atoms with van der Waals surface area (Å²) >= 11 is 0. The fourth-order valence-corrected chi connectivity index (χ4v) is 2.14. The molecular weight excluding hydrogens is 248 g/mol. The van der Waals surface area contributed by atoms with E-state index in [1.54, 1.807) is 6.92 Å². The van der Waals surface area contributed by atoms with Gasteiger partial charge in [-0.1, -0.05) is 27.2 Å². The first-order valence-electron chi connectivity index (χ1n) is 6.83. The van der Waals surface area contributed by atoms with Crippen LogP contribution in [0, 0.1) is 11.8 Å². The molecule has 0 spiro atoms. The molecule has 3 N–H and O–H groups in total. The van der Waals surface area contributed by atoms with Crippen LogP contribution in [0.15, 0.2) is 0 Å². The molecule has 0 aromatic carbocycles. The molecule has 1 fully saturated rings. The Bertz CT molecular complexity index is 335. The average Bonchev–Trinajstić information content (AvgIpc) is 2.37. The van der Waals surface area contributed by atoms with Crippen molar-refractivity contribution in [3.63, 3.8) is 0 Å². The van der Waals surface area contributed by atoms with Crippen LogP contribution in [0.5, 0.6) is 0 Å². The Balaban J connectivity index is 2.60. The van der Waals surface area contributed by atoms with Crippen molar-refractivity contribution in [3.05, 3.63) is 0 Å². The molecule has 0 aromatic rings. The van der Waals surface area contributed by atoms with Gasteiger partial charge in [-0.25, -0.2) is 9.59 Å². The van der Waals surface area contributed by atoms with Gasteiger partial charge in [0.15, 0.2) is 0 Å². The molecule has 1 aliphatic heterocycles. The molecule has 0 radical (unpaired) electrons. The number of β-amino-alcohol motifs (C(OH)–C–C–N with tert-alkyl or cyclic N) is 1. The van der Waals surface area contributed by atoms with Gasteiger partial charge in [0.2, 0.25) is 0 Å². The van der Waals surface area contributed by atoms with Crippen LogP contribution < -0.4 is 5.32 Å². The van der Waals surface area contributed by atoms with Crippen molar-refractivity contribution in [1.82, 2.24) is 10.2 Å². The van der Waals surface area contributed by atoms with Crippen LogP contribution in [0.2, 0.25) is 0 Å². The van der Waals surface area contributed by atoms with Crippen LogP contribution in [-0.2, 0) is 4.79 Å². The molecule has 2 amide bonds. The summed E-state index contributed by atoms with van der Waals surface area (Å²) in [6, 6.07) is -1.28. The van der Waals surface area contributed by atoms with E-state index >= 15 is 0 Å². The second-order valence-electron chi connectivity index (χ2n) is 5.43. The zero-order valence-corrected chi connectivity index (χ0v) is 11.8. The van der Waals surface area contributed by atoms with Crippen molar-refractivity contribution < 1.29 is 19.8 Å². The van der Waals surface area contributed by atoms with Gasteiger partial charge in [-0.15, -0.1) is 0 Å². The topological polar surface area (TPSA) is 89.9 Å². The van der Waals surface area contributed by atoms with E-state index in [4.69, 9.17) is 5.11 Å². The first kappa shape index (κ1) is 15.8. The molecule has 2 unspecified atom stereocenters. The van der Waals surface area contributed by atoms with E-state index in [9.17, 15) is 14.7 Å². The second-order valence-corrected chi connectivity index (χ2v) is 5.43. The number of aliphatic hydroxyl groups is 1. The molecule has 1 rings (SSSR count). The van der Waals surface area contributed by atoms with Gasteiger partial charge in [0, 0.05) is 13.1 Å². The van der Waals surface area contributed by atoms with E-state index < -0.39 is 24.1 Å². The van der Waals surface area contributed by atoms with E-state index in [0.717, 1.165) is 6.42 Å². The van der Waals surface area contributed by atoms with Crippen molar-refractivity contribution >= 4 is 12.0 Å². The summed E-state index contributed by atoms with van der Waals surface area (Å²) in [5, 5.41) is 21.4. The predicted molar refractivity (Wildman–Crippen MR) is 70.8 cm³/mol. The van der Waals surface area contributed by atoms with E-state index in [1.165, 1.54) is 4.90 Å². The molecule has 6 nitrogen and oxygen atoms in total. The highest BCUT2D eigenvalue weighted by atomic mass is 16.4. The van der Waals surface area contributed by atoms with Gasteiger partial charge in [0.05, 0.1) is 6.10 Å². The second kappa shape index (κ2) is 6.75. The summed E-state index contributed by atoms with van der Waals surface area (Å²) in [4.78, 5) is 24.7. The zero-order chi connectivity index (χ0) is 14.6. The molecule has 1 heterocycles. The number of hydrogen-bond donors (Lipinski definition) is 3. The summed E-state index contributed by atoms with van der Waals surface area (Å²) < 4.78 is 0. The third-order valence-corrected chi connectivity index (χ3v) is 3.96. The molecule has 1 saturated heterocycles. The van der Waals surface area contributed by atoms with Gasteiger partial charge in [-0.2, -0.15) is 0 Å². The maximum atomic E-state index is 12.0. The Hall–Kier alpha value is -1.30. The van der Waals surface area contributed by atoms with E-state index in [2.05, 4.69) is 5.32 Å². The molecule has 0 saturated carbocycles. The number of nitrogens with zero attached hydrogens (tertiary/aromatic N) is 1. The van der Waals surface area contributed by atoms with E-state index in [0.29, 0.717) is 13.0 Å². The van der Waals surface area contributed by atoms with Gasteiger partial charge in [-0.05, 0) is 18.3 Å². The average molecular weight is 272 g/mol. The van der Waals surface area contributed by atoms with Crippen LogP contribution in [0.1, 0.15) is 33.6 Å². The molecule has 4 atom stereocenters. The van der Waals surface area contributed by atoms with Crippen LogP contribution in [0.25, 0.3) is 0 Å². The molecule has 0 aromatic heterocycles. The molecule has 6 heteroatoms. The number of carbonyl (C=O) groups is 2. The number of rotatable bonds is 4. The highest BCUT2D eigenvalue weighted by Gasteiger charge is 2.31. The van der Waals surface area contributed by atoms with Crippen LogP contribution in [-0.4, -0.2) is 52.3 Å². The highest BCUT2D eigenvalue weighted by Crippen LogP contribution is 2.17. The van der Waals surface area contributed by atoms with E-state index in [-0.39, 0.29) is 18.4 Å². The van der Waals surface area contributed by atoms with Crippen molar-refractivity contribution in [1.29, 1.82) is 0 Å². The van der Waals surface area contributed by atoms with Crippen molar-refractivity contribution in [2.75, 3.05) is 13.1 Å². The Morgan fingerprint density at radius 3 is 2.58 bits per heavy atom. The minimum absolute atomic E-state index is 0.130. The molecule has 0 bridgehead atoms. The standard InChI is InChI=1S/C13H24N2O4/c1-4-8(2)11(12(17)18)14-13(19)15-6-5-9(3)10(16)7-15/h8-11,16H,4-7H2,1-3H3,(H,14,19)(H,17,18)/t8-,9?,10?,11-/m0/s1. The van der Waals surface area contributed by atoms with Crippen LogP contribution in [0.3, 0.4) is 0 Å². The summed E-state index contributed by atoms with van der Waals surface area (Å²) in [7, 11) is 0. The van der Waals surface area contributed by atoms with Crippen molar-refractivity contribution in [3.8, 4) is 0 Å². The Labute approximate surface area is 113 Å². The quantitative estimate of drug-likeness (QED) is 0.709. The van der Waals surface area contributed by atoms with Crippen LogP contribution in [0.4, 0.5) is 4.79 Å². The lowest BCUT2D eigenvalue weighted by atomic mass is 9.96. The zero-order valence-electron chi connectivity index (χ0n) is 11.8. The highest BCUT2D eigenvalue weighted by molar-refractivity contribution is 5.82. The van der Waals surface area contributed by atoms with Gasteiger partial charge in [0.25, 0.3) is 0 Å². The largest absolute Gasteiger partial charge is 0.480 e. The molecule has 110 valence electrons. The normalized spacial score (nSPS) is 26.6. The number of piperidine rings is 1. The predicted octanol–water partition coefficient (Wildman–Crippen LogP) is 0.898. The number of carboxylic acids is 1. The fourth-order valence-electron chi connectivity index (χ4n) is 2.14. The number of aliphatic hydroxyl groups excluding tert-OH is 1. The summed E-state index contributed by atoms with van der Waals surface area (Å²) in [6.07, 6.45) is 0.874. The van der Waals surface area contributed by atoms with Crippen molar-refractivity contribution in [2.45, 2.75) is 45.8 Å². The summed E-state index contributed by atoms with van der Waals surface area (Å²) in [5.74, 6) is -0.974. The SMILES string of the molecule is CC[C@H](C)[C@H](NC(=O)N1CCC(C)C(O)C1)C(=O)O. The number of likely N-dealkylation sites (tertiary alicyclic amines) is 1. The maximum Gasteiger partial charge on any atom is 0.326 e. The number of amides is 2. The third-order valence-electron chi connectivity index (χ3n) is 3.96. The molecule has 0 aliphatic carbocycles. The summed E-state index contributed by atoms with van der Waals surface area (Å²) in [6.45, 7) is 6.45. The number of nitrogens with one attached hydrogen (secondary N) is 1. The summed E-state index contributed by atoms with van der Waals surface area (Å²) in [5.41, 5.74) is 0. The Morgan fingerprint density at radius 1 is 1.47 bits per heavy atom. The lowest BCUT2D eigenvalue weighted by molar-refractivity contribution is -0.140. The molecule has 19 heavy (non-hydrogen) atoms. The Morgan fingerprint density at radius 2 is 2.11 bits per heavy atom. The first-order chi connectivity index (χ1) is 8.86. The number of urea groups is 1. The fraction of sp³-hybridized carbons (Fsp3) is 0.846. The number of carboxylic acid groups (broad SMARTS) is 1. The lowest BCUT2D eigenvalue weighted by Crippen LogP contribution is -2.54. The van der Waals surface area contributed by atoms with Gasteiger partial charge < -0.3 is 20.4 Å². The van der Waals surface area contributed by atoms with Gasteiger partial charge >= 0.3 is 12.0 Å². The molecule has 1 aliphatic rings. The lowest BCUT2D eigenvalue weighted by Gasteiger charge is -2.35. The number of carbonyl (C=O) groups excluding carboxylic acids is 1. The number of aliphatic carboxylic acids is 1. The Kier molecular flexibility index (Phi) is 5.60. The minimum Gasteiger partial charge on any atom is -0.480 e.